The zero-order valence-corrected chi connectivity index (χ0v) is 21.0. The minimum atomic E-state index is -4.17. The van der Waals surface area contributed by atoms with E-state index in [0.29, 0.717) is 21.3 Å². The fourth-order valence-corrected chi connectivity index (χ4v) is 6.41. The Morgan fingerprint density at radius 2 is 1.77 bits per heavy atom. The summed E-state index contributed by atoms with van der Waals surface area (Å²) in [6, 6.07) is 12.0. The molecule has 1 heterocycles. The van der Waals surface area contributed by atoms with Crippen molar-refractivity contribution in [1.82, 2.24) is 14.5 Å². The van der Waals surface area contributed by atoms with Gasteiger partial charge in [-0.15, -0.1) is 0 Å². The summed E-state index contributed by atoms with van der Waals surface area (Å²) in [5, 5.41) is 3.46. The molecule has 0 unspecified atom stereocenters. The summed E-state index contributed by atoms with van der Waals surface area (Å²) in [4.78, 5) is 40.9. The molecule has 4 rings (SSSR count). The van der Waals surface area contributed by atoms with E-state index in [0.717, 1.165) is 25.7 Å². The maximum atomic E-state index is 13.6. The number of rotatable bonds is 8. The van der Waals surface area contributed by atoms with Crippen molar-refractivity contribution in [1.29, 1.82) is 0 Å². The molecule has 0 spiro atoms. The number of halogens is 1. The van der Waals surface area contributed by atoms with Gasteiger partial charge in [0, 0.05) is 17.6 Å². The lowest BCUT2D eigenvalue weighted by Gasteiger charge is -2.32. The van der Waals surface area contributed by atoms with Crippen LogP contribution in [0, 0.1) is 0 Å². The second-order valence-electron chi connectivity index (χ2n) is 8.84. The van der Waals surface area contributed by atoms with Crippen LogP contribution < -0.4 is 5.32 Å². The molecule has 0 radical (unpaired) electrons. The molecule has 0 bridgehead atoms. The Kier molecular flexibility index (Phi) is 7.47. The third-order valence-corrected chi connectivity index (χ3v) is 8.73. The highest BCUT2D eigenvalue weighted by Gasteiger charge is 2.43. The number of carbonyl (C=O) groups is 3. The van der Waals surface area contributed by atoms with Crippen molar-refractivity contribution in [3.63, 3.8) is 0 Å². The molecule has 2 aromatic carbocycles. The van der Waals surface area contributed by atoms with Crippen molar-refractivity contribution in [3.8, 4) is 0 Å². The smallest absolute Gasteiger partial charge is 0.269 e. The molecule has 1 fully saturated rings. The molecule has 1 aliphatic carbocycles. The number of hydrogen-bond acceptors (Lipinski definition) is 5. The Hall–Kier alpha value is -2.91. The Labute approximate surface area is 210 Å². The summed E-state index contributed by atoms with van der Waals surface area (Å²) in [7, 11) is -4.17. The molecule has 35 heavy (non-hydrogen) atoms. The third kappa shape index (κ3) is 5.06. The van der Waals surface area contributed by atoms with Gasteiger partial charge in [0.05, 0.1) is 5.56 Å². The van der Waals surface area contributed by atoms with Gasteiger partial charge in [-0.2, -0.15) is 0 Å². The average Bonchev–Trinajstić information content (AvgIpc) is 3.41. The number of fused-ring (bicyclic) bond motifs is 1. The monoisotopic (exact) mass is 517 g/mol. The highest BCUT2D eigenvalue weighted by atomic mass is 35.5. The van der Waals surface area contributed by atoms with Crippen LogP contribution in [-0.4, -0.2) is 54.0 Å². The second kappa shape index (κ2) is 10.4. The van der Waals surface area contributed by atoms with Crippen molar-refractivity contribution in [3.05, 3.63) is 64.7 Å². The molecule has 2 aromatic rings. The Balaban J connectivity index is 1.62. The van der Waals surface area contributed by atoms with Gasteiger partial charge < -0.3 is 10.2 Å². The lowest BCUT2D eigenvalue weighted by molar-refractivity contribution is -0.141. The van der Waals surface area contributed by atoms with Crippen LogP contribution in [0.3, 0.4) is 0 Å². The summed E-state index contributed by atoms with van der Waals surface area (Å²) in [6.45, 7) is 1.09. The van der Waals surface area contributed by atoms with Gasteiger partial charge in [0.1, 0.15) is 17.5 Å². The van der Waals surface area contributed by atoms with E-state index in [1.54, 1.807) is 37.3 Å². The third-order valence-electron chi connectivity index (χ3n) is 6.58. The lowest BCUT2D eigenvalue weighted by atomic mass is 10.1. The van der Waals surface area contributed by atoms with Crippen molar-refractivity contribution < 1.29 is 22.8 Å². The van der Waals surface area contributed by atoms with Crippen molar-refractivity contribution in [2.24, 2.45) is 0 Å². The van der Waals surface area contributed by atoms with Gasteiger partial charge in [-0.3, -0.25) is 14.4 Å². The van der Waals surface area contributed by atoms with Crippen LogP contribution in [0.4, 0.5) is 0 Å². The maximum absolute atomic E-state index is 13.6. The first kappa shape index (κ1) is 25.2. The number of sulfonamides is 1. The molecule has 1 aliphatic heterocycles. The summed E-state index contributed by atoms with van der Waals surface area (Å²) >= 11 is 6.34. The van der Waals surface area contributed by atoms with E-state index in [9.17, 15) is 22.8 Å². The van der Waals surface area contributed by atoms with Crippen LogP contribution in [0.25, 0.3) is 0 Å². The van der Waals surface area contributed by atoms with Crippen LogP contribution in [0.5, 0.6) is 0 Å². The van der Waals surface area contributed by atoms with Crippen molar-refractivity contribution in [2.45, 2.75) is 62.6 Å². The molecule has 3 amide bonds. The van der Waals surface area contributed by atoms with E-state index < -0.39 is 34.4 Å². The van der Waals surface area contributed by atoms with Gasteiger partial charge in [0.15, 0.2) is 0 Å². The van der Waals surface area contributed by atoms with Gasteiger partial charge in [0.25, 0.3) is 15.9 Å². The predicted octanol–water partition coefficient (Wildman–Crippen LogP) is 3.35. The molecule has 0 aromatic heterocycles. The van der Waals surface area contributed by atoms with Crippen LogP contribution in [0.15, 0.2) is 53.4 Å². The van der Waals surface area contributed by atoms with Crippen molar-refractivity contribution >= 4 is 39.3 Å². The van der Waals surface area contributed by atoms with E-state index >= 15 is 0 Å². The number of carbonyl (C=O) groups excluding carboxylic acids is 3. The summed E-state index contributed by atoms with van der Waals surface area (Å²) in [5.41, 5.74) is 0.650. The lowest BCUT2D eigenvalue weighted by Crippen LogP contribution is -2.53. The Morgan fingerprint density at radius 3 is 2.43 bits per heavy atom. The largest absolute Gasteiger partial charge is 0.352 e. The molecule has 1 atom stereocenters. The standard InChI is InChI=1S/C25H28ClN3O5S/c1-2-21(24(31)27-18-10-4-5-11-18)28(15-17-9-3-7-13-20(17)26)23(30)16-29-25(32)19-12-6-8-14-22(19)35(29,33)34/h3,6-9,12-14,18,21H,2,4-5,10-11,15-16H2,1H3,(H,27,31)/t21-/m0/s1. The predicted molar refractivity (Wildman–Crippen MR) is 131 cm³/mol. The Morgan fingerprint density at radius 1 is 1.11 bits per heavy atom. The highest BCUT2D eigenvalue weighted by Crippen LogP contribution is 2.30. The zero-order chi connectivity index (χ0) is 25.2. The summed E-state index contributed by atoms with van der Waals surface area (Å²) in [6.07, 6.45) is 4.17. The fourth-order valence-electron chi connectivity index (χ4n) is 4.70. The van der Waals surface area contributed by atoms with Gasteiger partial charge in [-0.25, -0.2) is 12.7 Å². The number of nitrogens with one attached hydrogen (secondary N) is 1. The summed E-state index contributed by atoms with van der Waals surface area (Å²) in [5.74, 6) is -1.70. The first-order valence-electron chi connectivity index (χ1n) is 11.7. The molecule has 1 N–H and O–H groups in total. The van der Waals surface area contributed by atoms with Crippen LogP contribution in [0.1, 0.15) is 54.9 Å². The Bertz CT molecular complexity index is 1240. The normalized spacial score (nSPS) is 17.8. The average molecular weight is 518 g/mol. The quantitative estimate of drug-likeness (QED) is 0.578. The molecular formula is C25H28ClN3O5S. The zero-order valence-electron chi connectivity index (χ0n) is 19.4. The van der Waals surface area contributed by atoms with Gasteiger partial charge in [-0.1, -0.05) is 61.7 Å². The minimum Gasteiger partial charge on any atom is -0.352 e. The number of hydrogen-bond donors (Lipinski definition) is 1. The minimum absolute atomic E-state index is 0.00409. The molecule has 0 saturated heterocycles. The first-order chi connectivity index (χ1) is 16.7. The SMILES string of the molecule is CC[C@@H](C(=O)NC1CCCC1)N(Cc1ccccc1Cl)C(=O)CN1C(=O)c2ccccc2S1(=O)=O. The second-order valence-corrected chi connectivity index (χ2v) is 11.1. The van der Waals surface area contributed by atoms with E-state index in [1.165, 1.54) is 23.1 Å². The number of nitrogens with zero attached hydrogens (tertiary/aromatic N) is 2. The van der Waals surface area contributed by atoms with Gasteiger partial charge in [0.2, 0.25) is 11.8 Å². The van der Waals surface area contributed by atoms with E-state index in [4.69, 9.17) is 11.6 Å². The van der Waals surface area contributed by atoms with Crippen molar-refractivity contribution in [2.75, 3.05) is 6.54 Å². The molecule has 1 saturated carbocycles. The van der Waals surface area contributed by atoms with Crippen LogP contribution >= 0.6 is 11.6 Å². The highest BCUT2D eigenvalue weighted by molar-refractivity contribution is 7.90. The van der Waals surface area contributed by atoms with Crippen LogP contribution in [0.2, 0.25) is 5.02 Å². The first-order valence-corrected chi connectivity index (χ1v) is 13.5. The molecule has 186 valence electrons. The maximum Gasteiger partial charge on any atom is 0.269 e. The summed E-state index contributed by atoms with van der Waals surface area (Å²) < 4.78 is 26.6. The number of benzene rings is 2. The topological polar surface area (TPSA) is 104 Å². The van der Waals surface area contributed by atoms with E-state index in [-0.39, 0.29) is 29.0 Å². The molecular weight excluding hydrogens is 490 g/mol. The van der Waals surface area contributed by atoms with E-state index in [2.05, 4.69) is 5.32 Å². The van der Waals surface area contributed by atoms with Crippen LogP contribution in [-0.2, 0) is 26.2 Å². The van der Waals surface area contributed by atoms with Gasteiger partial charge in [-0.05, 0) is 43.0 Å². The van der Waals surface area contributed by atoms with E-state index in [1.807, 2.05) is 0 Å². The molecule has 2 aliphatic rings. The molecule has 10 heteroatoms. The number of amides is 3. The fraction of sp³-hybridized carbons (Fsp3) is 0.400. The molecule has 8 nitrogen and oxygen atoms in total. The van der Waals surface area contributed by atoms with Gasteiger partial charge >= 0.3 is 0 Å².